The van der Waals surface area contributed by atoms with Crippen molar-refractivity contribution in [3.63, 3.8) is 0 Å². The number of halogens is 3. The van der Waals surface area contributed by atoms with Crippen molar-refractivity contribution in [3.8, 4) is 5.75 Å². The Kier molecular flexibility index (Phi) is 5.79. The molecule has 2 aliphatic rings. The summed E-state index contributed by atoms with van der Waals surface area (Å²) in [7, 11) is 0. The maximum atomic E-state index is 12.4. The predicted octanol–water partition coefficient (Wildman–Crippen LogP) is 4.31. The lowest BCUT2D eigenvalue weighted by molar-refractivity contribution is -0.274. The number of hydrogen-bond acceptors (Lipinski definition) is 5. The SMILES string of the molecule is CC(C)(C)OC(=O)N1CCC2(CC1)CN(Cc1cccc(OC(F)(F)F)c1)C(=O)O2. The van der Waals surface area contributed by atoms with E-state index in [0.29, 0.717) is 38.0 Å². The highest BCUT2D eigenvalue weighted by molar-refractivity contribution is 5.71. The van der Waals surface area contributed by atoms with E-state index in [1.165, 1.54) is 23.1 Å². The third-order valence-corrected chi connectivity index (χ3v) is 4.87. The molecular weight excluding hydrogens is 405 g/mol. The molecule has 166 valence electrons. The van der Waals surface area contributed by atoms with E-state index in [9.17, 15) is 22.8 Å². The van der Waals surface area contributed by atoms with Crippen LogP contribution in [0.1, 0.15) is 39.2 Å². The predicted molar refractivity (Wildman–Crippen MR) is 99.8 cm³/mol. The molecule has 2 fully saturated rings. The van der Waals surface area contributed by atoms with E-state index in [-0.39, 0.29) is 12.3 Å². The number of nitrogens with zero attached hydrogens (tertiary/aromatic N) is 2. The van der Waals surface area contributed by atoms with Crippen molar-refractivity contribution < 1.29 is 37.0 Å². The molecule has 2 heterocycles. The van der Waals surface area contributed by atoms with Crippen LogP contribution in [0, 0.1) is 0 Å². The standard InChI is InChI=1S/C20H25F3N2O5/c1-18(2,3)29-16(26)24-9-7-19(8-10-24)13-25(17(27)30-19)12-14-5-4-6-15(11-14)28-20(21,22)23/h4-6,11H,7-10,12-13H2,1-3H3. The van der Waals surface area contributed by atoms with Gasteiger partial charge in [-0.2, -0.15) is 0 Å². The summed E-state index contributed by atoms with van der Waals surface area (Å²) in [5.41, 5.74) is -0.806. The topological polar surface area (TPSA) is 68.3 Å². The van der Waals surface area contributed by atoms with Gasteiger partial charge in [0.25, 0.3) is 0 Å². The number of rotatable bonds is 3. The van der Waals surface area contributed by atoms with Gasteiger partial charge in [0.2, 0.25) is 0 Å². The van der Waals surface area contributed by atoms with E-state index in [0.717, 1.165) is 0 Å². The van der Waals surface area contributed by atoms with Crippen molar-refractivity contribution in [2.75, 3.05) is 19.6 Å². The van der Waals surface area contributed by atoms with Crippen LogP contribution in [0.15, 0.2) is 24.3 Å². The average Bonchev–Trinajstić information content (AvgIpc) is 2.87. The molecule has 2 saturated heterocycles. The second-order valence-corrected chi connectivity index (χ2v) is 8.57. The average molecular weight is 430 g/mol. The first-order chi connectivity index (χ1) is 13.8. The number of piperidine rings is 1. The first-order valence-electron chi connectivity index (χ1n) is 9.65. The van der Waals surface area contributed by atoms with Gasteiger partial charge < -0.3 is 19.1 Å². The van der Waals surface area contributed by atoms with Gasteiger partial charge >= 0.3 is 18.5 Å². The molecular formula is C20H25F3N2O5. The highest BCUT2D eigenvalue weighted by Crippen LogP contribution is 2.35. The Morgan fingerprint density at radius 1 is 1.20 bits per heavy atom. The molecule has 0 aromatic heterocycles. The summed E-state index contributed by atoms with van der Waals surface area (Å²) in [4.78, 5) is 27.6. The minimum absolute atomic E-state index is 0.103. The summed E-state index contributed by atoms with van der Waals surface area (Å²) >= 11 is 0. The fourth-order valence-electron chi connectivity index (χ4n) is 3.56. The van der Waals surface area contributed by atoms with Crippen molar-refractivity contribution in [3.05, 3.63) is 29.8 Å². The molecule has 0 radical (unpaired) electrons. The van der Waals surface area contributed by atoms with Gasteiger partial charge in [0.15, 0.2) is 0 Å². The lowest BCUT2D eigenvalue weighted by Crippen LogP contribution is -2.49. The molecule has 1 aromatic rings. The van der Waals surface area contributed by atoms with E-state index in [2.05, 4.69) is 4.74 Å². The van der Waals surface area contributed by atoms with Gasteiger partial charge in [0.1, 0.15) is 17.0 Å². The second kappa shape index (κ2) is 7.88. The van der Waals surface area contributed by atoms with Gasteiger partial charge in [-0.3, -0.25) is 4.90 Å². The van der Waals surface area contributed by atoms with Crippen LogP contribution in [0.3, 0.4) is 0 Å². The van der Waals surface area contributed by atoms with Crippen LogP contribution in [0.25, 0.3) is 0 Å². The van der Waals surface area contributed by atoms with E-state index >= 15 is 0 Å². The largest absolute Gasteiger partial charge is 0.573 e. The van der Waals surface area contributed by atoms with Gasteiger partial charge in [-0.25, -0.2) is 9.59 Å². The lowest BCUT2D eigenvalue weighted by atomic mass is 9.91. The minimum atomic E-state index is -4.78. The number of benzene rings is 1. The molecule has 2 amide bonds. The van der Waals surface area contributed by atoms with Gasteiger partial charge in [-0.15, -0.1) is 13.2 Å². The van der Waals surface area contributed by atoms with Crippen molar-refractivity contribution in [1.29, 1.82) is 0 Å². The zero-order valence-electron chi connectivity index (χ0n) is 17.1. The fraction of sp³-hybridized carbons (Fsp3) is 0.600. The van der Waals surface area contributed by atoms with Crippen molar-refractivity contribution in [2.45, 2.75) is 57.7 Å². The Labute approximate surface area is 172 Å². The molecule has 1 aromatic carbocycles. The number of amides is 2. The number of carbonyl (C=O) groups is 2. The van der Waals surface area contributed by atoms with E-state index in [1.54, 1.807) is 31.7 Å². The molecule has 0 bridgehead atoms. The molecule has 0 N–H and O–H groups in total. The Morgan fingerprint density at radius 3 is 2.47 bits per heavy atom. The van der Waals surface area contributed by atoms with Crippen LogP contribution in [-0.4, -0.2) is 59.2 Å². The summed E-state index contributed by atoms with van der Waals surface area (Å²) in [5.74, 6) is -0.340. The van der Waals surface area contributed by atoms with Crippen LogP contribution in [0.2, 0.25) is 0 Å². The van der Waals surface area contributed by atoms with Gasteiger partial charge in [0, 0.05) is 32.5 Å². The molecule has 30 heavy (non-hydrogen) atoms. The monoisotopic (exact) mass is 430 g/mol. The number of hydrogen-bond donors (Lipinski definition) is 0. The number of ether oxygens (including phenoxy) is 3. The first kappa shape index (κ1) is 22.0. The third-order valence-electron chi connectivity index (χ3n) is 4.87. The smallest absolute Gasteiger partial charge is 0.444 e. The van der Waals surface area contributed by atoms with Crippen molar-refractivity contribution in [2.24, 2.45) is 0 Å². The van der Waals surface area contributed by atoms with Crippen molar-refractivity contribution >= 4 is 12.2 Å². The Bertz CT molecular complexity index is 798. The van der Waals surface area contributed by atoms with Gasteiger partial charge in [-0.1, -0.05) is 12.1 Å². The zero-order valence-corrected chi connectivity index (χ0v) is 17.1. The number of likely N-dealkylation sites (tertiary alicyclic amines) is 1. The molecule has 10 heteroatoms. The number of alkyl halides is 3. The summed E-state index contributed by atoms with van der Waals surface area (Å²) in [5, 5.41) is 0. The van der Waals surface area contributed by atoms with Crippen LogP contribution < -0.4 is 4.74 Å². The summed E-state index contributed by atoms with van der Waals surface area (Å²) < 4.78 is 52.2. The fourth-order valence-corrected chi connectivity index (χ4v) is 3.56. The van der Waals surface area contributed by atoms with Crippen LogP contribution in [0.4, 0.5) is 22.8 Å². The highest BCUT2D eigenvalue weighted by Gasteiger charge is 2.47. The Hall–Kier alpha value is -2.65. The molecule has 0 unspecified atom stereocenters. The minimum Gasteiger partial charge on any atom is -0.444 e. The highest BCUT2D eigenvalue weighted by atomic mass is 19.4. The van der Waals surface area contributed by atoms with Crippen LogP contribution >= 0.6 is 0 Å². The van der Waals surface area contributed by atoms with E-state index in [4.69, 9.17) is 9.47 Å². The summed E-state index contributed by atoms with van der Waals surface area (Å²) in [6.45, 7) is 6.57. The summed E-state index contributed by atoms with van der Waals surface area (Å²) in [6.07, 6.45) is -4.78. The molecule has 0 atom stereocenters. The van der Waals surface area contributed by atoms with Crippen LogP contribution in [-0.2, 0) is 16.0 Å². The lowest BCUT2D eigenvalue weighted by Gasteiger charge is -2.37. The van der Waals surface area contributed by atoms with E-state index in [1.807, 2.05) is 0 Å². The second-order valence-electron chi connectivity index (χ2n) is 8.57. The van der Waals surface area contributed by atoms with Gasteiger partial charge in [0.05, 0.1) is 6.54 Å². The molecule has 0 saturated carbocycles. The zero-order chi connectivity index (χ0) is 22.2. The normalized spacial score (nSPS) is 19.1. The first-order valence-corrected chi connectivity index (χ1v) is 9.65. The Balaban J connectivity index is 1.58. The Morgan fingerprint density at radius 2 is 1.87 bits per heavy atom. The maximum absolute atomic E-state index is 12.4. The quantitative estimate of drug-likeness (QED) is 0.715. The number of carbonyl (C=O) groups excluding carboxylic acids is 2. The van der Waals surface area contributed by atoms with Crippen LogP contribution in [0.5, 0.6) is 5.75 Å². The summed E-state index contributed by atoms with van der Waals surface area (Å²) in [6, 6.07) is 5.50. The van der Waals surface area contributed by atoms with Crippen molar-refractivity contribution in [1.82, 2.24) is 9.80 Å². The maximum Gasteiger partial charge on any atom is 0.573 e. The third kappa shape index (κ3) is 5.70. The molecule has 1 spiro atoms. The molecule has 7 nitrogen and oxygen atoms in total. The van der Waals surface area contributed by atoms with E-state index < -0.39 is 29.8 Å². The molecule has 2 aliphatic heterocycles. The molecule has 3 rings (SSSR count). The van der Waals surface area contributed by atoms with Gasteiger partial charge in [-0.05, 0) is 38.5 Å². The molecule has 0 aliphatic carbocycles.